The van der Waals surface area contributed by atoms with Crippen molar-refractivity contribution in [2.24, 2.45) is 5.84 Å². The first-order valence-electron chi connectivity index (χ1n) is 2.07. The number of hydrogen-bond donors (Lipinski definition) is 2. The highest BCUT2D eigenvalue weighted by Gasteiger charge is 2.31. The van der Waals surface area contributed by atoms with Gasteiger partial charge in [0.1, 0.15) is 0 Å². The molecule has 0 unspecified atom stereocenters. The Balaban J connectivity index is 2.90. The van der Waals surface area contributed by atoms with Crippen LogP contribution >= 0.6 is 12.2 Å². The second-order valence-corrected chi connectivity index (χ2v) is 1.82. The van der Waals surface area contributed by atoms with E-state index in [9.17, 15) is 9.59 Å². The molecule has 1 aliphatic heterocycles. The van der Waals surface area contributed by atoms with Crippen molar-refractivity contribution in [2.75, 3.05) is 0 Å². The average molecular weight is 145 g/mol. The third-order valence-electron chi connectivity index (χ3n) is 0.852. The lowest BCUT2D eigenvalue weighted by Crippen LogP contribution is -2.37. The lowest BCUT2D eigenvalue weighted by Gasteiger charge is -2.00. The molecule has 0 saturated carbocycles. The summed E-state index contributed by atoms with van der Waals surface area (Å²) in [4.78, 5) is 20.7. The van der Waals surface area contributed by atoms with Crippen molar-refractivity contribution in [1.82, 2.24) is 10.3 Å². The second-order valence-electron chi connectivity index (χ2n) is 1.43. The van der Waals surface area contributed by atoms with Gasteiger partial charge < -0.3 is 0 Å². The van der Waals surface area contributed by atoms with Crippen LogP contribution in [0.25, 0.3) is 0 Å². The molecule has 6 heteroatoms. The van der Waals surface area contributed by atoms with E-state index in [1.54, 1.807) is 0 Å². The molecule has 0 aromatic heterocycles. The number of carbonyl (C=O) groups is 2. The van der Waals surface area contributed by atoms with Crippen molar-refractivity contribution in [3.8, 4) is 0 Å². The highest BCUT2D eigenvalue weighted by Crippen LogP contribution is 1.91. The Morgan fingerprint density at radius 1 is 1.56 bits per heavy atom. The zero-order chi connectivity index (χ0) is 7.02. The van der Waals surface area contributed by atoms with Gasteiger partial charge in [0.25, 0.3) is 0 Å². The molecule has 0 bridgehead atoms. The molecule has 1 rings (SSSR count). The van der Waals surface area contributed by atoms with Gasteiger partial charge in [-0.3, -0.25) is 14.9 Å². The van der Waals surface area contributed by atoms with Crippen molar-refractivity contribution in [1.29, 1.82) is 0 Å². The van der Waals surface area contributed by atoms with E-state index >= 15 is 0 Å². The summed E-state index contributed by atoms with van der Waals surface area (Å²) in [5.74, 6) is 3.38. The van der Waals surface area contributed by atoms with Gasteiger partial charge in [-0.15, -0.1) is 0 Å². The maximum Gasteiger partial charge on any atom is 0.332 e. The third kappa shape index (κ3) is 0.775. The van der Waals surface area contributed by atoms with Crippen LogP contribution in [0.4, 0.5) is 0 Å². The number of thiocarbonyl (C=S) groups is 1. The Morgan fingerprint density at radius 2 is 2.11 bits per heavy atom. The average Bonchev–Trinajstić information content (AvgIpc) is 1.98. The number of hydrogen-bond acceptors (Lipinski definition) is 4. The van der Waals surface area contributed by atoms with Gasteiger partial charge in [-0.25, -0.2) is 10.9 Å². The summed E-state index contributed by atoms with van der Waals surface area (Å²) in [6.07, 6.45) is 0. The number of nitrogens with one attached hydrogen (secondary N) is 1. The molecular formula is C3H3N3O2S. The summed E-state index contributed by atoms with van der Waals surface area (Å²) in [6.45, 7) is 0. The first-order valence-corrected chi connectivity index (χ1v) is 2.48. The molecule has 0 spiro atoms. The lowest BCUT2D eigenvalue weighted by atomic mass is 10.6. The highest BCUT2D eigenvalue weighted by molar-refractivity contribution is 7.80. The molecule has 0 radical (unpaired) electrons. The van der Waals surface area contributed by atoms with Gasteiger partial charge in [-0.1, -0.05) is 0 Å². The van der Waals surface area contributed by atoms with Crippen LogP contribution in [0.5, 0.6) is 0 Å². The smallest absolute Gasteiger partial charge is 0.293 e. The molecule has 1 fully saturated rings. The van der Waals surface area contributed by atoms with Crippen LogP contribution in [-0.4, -0.2) is 21.9 Å². The Kier molecular flexibility index (Phi) is 1.19. The van der Waals surface area contributed by atoms with Crippen LogP contribution in [0.15, 0.2) is 0 Å². The molecule has 48 valence electrons. The van der Waals surface area contributed by atoms with Gasteiger partial charge in [-0.2, -0.15) is 0 Å². The molecule has 0 atom stereocenters. The van der Waals surface area contributed by atoms with Crippen molar-refractivity contribution in [2.45, 2.75) is 0 Å². The van der Waals surface area contributed by atoms with Gasteiger partial charge in [-0.05, 0) is 12.2 Å². The van der Waals surface area contributed by atoms with Crippen LogP contribution in [0.2, 0.25) is 0 Å². The fraction of sp³-hybridized carbons (Fsp3) is 0. The zero-order valence-electron chi connectivity index (χ0n) is 4.25. The fourth-order valence-corrected chi connectivity index (χ4v) is 0.588. The summed E-state index contributed by atoms with van der Waals surface area (Å²) in [6, 6.07) is 0. The van der Waals surface area contributed by atoms with E-state index in [0.29, 0.717) is 5.01 Å². The molecule has 5 nitrogen and oxygen atoms in total. The maximum atomic E-state index is 10.4. The fourth-order valence-electron chi connectivity index (χ4n) is 0.412. The molecule has 0 aromatic carbocycles. The third-order valence-corrected chi connectivity index (χ3v) is 1.15. The summed E-state index contributed by atoms with van der Waals surface area (Å²) < 4.78 is 0. The molecule has 1 heterocycles. The van der Waals surface area contributed by atoms with Crippen molar-refractivity contribution in [3.05, 3.63) is 0 Å². The predicted molar refractivity (Wildman–Crippen MR) is 31.8 cm³/mol. The zero-order valence-corrected chi connectivity index (χ0v) is 5.07. The Labute approximate surface area is 55.8 Å². The summed E-state index contributed by atoms with van der Waals surface area (Å²) >= 11 is 4.44. The van der Waals surface area contributed by atoms with E-state index < -0.39 is 11.8 Å². The number of carbonyl (C=O) groups excluding carboxylic acids is 2. The first-order chi connectivity index (χ1) is 4.13. The predicted octanol–water partition coefficient (Wildman–Crippen LogP) is -1.90. The van der Waals surface area contributed by atoms with E-state index in [2.05, 4.69) is 17.5 Å². The van der Waals surface area contributed by atoms with E-state index in [4.69, 9.17) is 5.84 Å². The molecule has 9 heavy (non-hydrogen) atoms. The minimum atomic E-state index is -0.819. The van der Waals surface area contributed by atoms with Crippen molar-refractivity contribution < 1.29 is 9.59 Å². The Morgan fingerprint density at radius 3 is 2.22 bits per heavy atom. The monoisotopic (exact) mass is 145 g/mol. The van der Waals surface area contributed by atoms with Crippen LogP contribution in [0.1, 0.15) is 0 Å². The molecule has 3 N–H and O–H groups in total. The van der Waals surface area contributed by atoms with Gasteiger partial charge in [0, 0.05) is 0 Å². The minimum absolute atomic E-state index is 0.0509. The van der Waals surface area contributed by atoms with Gasteiger partial charge in [0.05, 0.1) is 0 Å². The largest absolute Gasteiger partial charge is 0.332 e. The SMILES string of the molecule is NN1C(=O)C(=O)NC1=S. The van der Waals surface area contributed by atoms with Crippen LogP contribution in [-0.2, 0) is 9.59 Å². The quantitative estimate of drug-likeness (QED) is 0.181. The summed E-state index contributed by atoms with van der Waals surface area (Å²) in [5.41, 5.74) is 0. The van der Waals surface area contributed by atoms with Crippen molar-refractivity contribution in [3.63, 3.8) is 0 Å². The van der Waals surface area contributed by atoms with E-state index in [1.807, 2.05) is 0 Å². The minimum Gasteiger partial charge on any atom is -0.293 e. The molecule has 0 aliphatic carbocycles. The number of hydrazine groups is 1. The first kappa shape index (κ1) is 6.12. The molecular weight excluding hydrogens is 142 g/mol. The van der Waals surface area contributed by atoms with Crippen LogP contribution < -0.4 is 11.2 Å². The number of nitrogens with two attached hydrogens (primary N) is 1. The molecule has 2 amide bonds. The molecule has 1 saturated heterocycles. The van der Waals surface area contributed by atoms with Gasteiger partial charge in [0.2, 0.25) is 0 Å². The molecule has 0 aromatic rings. The number of rotatable bonds is 0. The topological polar surface area (TPSA) is 75.4 Å². The normalized spacial score (nSPS) is 18.8. The van der Waals surface area contributed by atoms with Crippen molar-refractivity contribution >= 4 is 29.1 Å². The van der Waals surface area contributed by atoms with E-state index in [-0.39, 0.29) is 5.11 Å². The number of nitrogens with zero attached hydrogens (tertiary/aromatic N) is 1. The van der Waals surface area contributed by atoms with Gasteiger partial charge >= 0.3 is 11.8 Å². The van der Waals surface area contributed by atoms with Gasteiger partial charge in [0.15, 0.2) is 5.11 Å². The Hall–Kier alpha value is -1.01. The second kappa shape index (κ2) is 1.74. The maximum absolute atomic E-state index is 10.4. The highest BCUT2D eigenvalue weighted by atomic mass is 32.1. The van der Waals surface area contributed by atoms with Crippen LogP contribution in [0.3, 0.4) is 0 Å². The van der Waals surface area contributed by atoms with E-state index in [1.165, 1.54) is 0 Å². The Bertz CT molecular complexity index is 201. The van der Waals surface area contributed by atoms with Crippen LogP contribution in [0, 0.1) is 0 Å². The molecule has 1 aliphatic rings. The number of amides is 2. The summed E-state index contributed by atoms with van der Waals surface area (Å²) in [7, 11) is 0. The lowest BCUT2D eigenvalue weighted by molar-refractivity contribution is -0.140. The van der Waals surface area contributed by atoms with E-state index in [0.717, 1.165) is 0 Å². The standard InChI is InChI=1S/C3H3N3O2S/c4-6-2(8)1(7)5-3(6)9/h4H2,(H,5,7,9). The summed E-state index contributed by atoms with van der Waals surface area (Å²) in [5, 5.41) is 2.60.